The molecule has 9 heteroatoms. The normalized spacial score (nSPS) is 11.8. The standard InChI is InChI=1S/C24H25N5O3S/c1-15(2)33(30,31)19-9-10-20(16(3)11-19)21-13-26-14-22(27-21)24-29-28-23(32-24)18-7-5-17(6-8-18)12-25-4/h5-11,13-15,25H,12H2,1-4H3. The largest absolute Gasteiger partial charge is 0.415 e. The number of sulfone groups is 1. The summed E-state index contributed by atoms with van der Waals surface area (Å²) in [5.41, 5.74) is 4.58. The highest BCUT2D eigenvalue weighted by atomic mass is 32.2. The summed E-state index contributed by atoms with van der Waals surface area (Å²) >= 11 is 0. The smallest absolute Gasteiger partial charge is 0.268 e. The molecule has 4 aromatic rings. The fraction of sp³-hybridized carbons (Fsp3) is 0.250. The monoisotopic (exact) mass is 463 g/mol. The Bertz CT molecular complexity index is 1380. The highest BCUT2D eigenvalue weighted by Crippen LogP contribution is 2.28. The number of rotatable bonds is 7. The second-order valence-electron chi connectivity index (χ2n) is 8.00. The second-order valence-corrected chi connectivity index (χ2v) is 10.5. The average Bonchev–Trinajstić information content (AvgIpc) is 3.30. The molecule has 0 aliphatic heterocycles. The van der Waals surface area contributed by atoms with Crippen LogP contribution in [-0.4, -0.2) is 40.9 Å². The molecule has 1 N–H and O–H groups in total. The van der Waals surface area contributed by atoms with E-state index < -0.39 is 15.1 Å². The van der Waals surface area contributed by atoms with Gasteiger partial charge in [-0.05, 0) is 63.2 Å². The molecule has 0 radical (unpaired) electrons. The molecule has 8 nitrogen and oxygen atoms in total. The summed E-state index contributed by atoms with van der Waals surface area (Å²) in [6.45, 7) is 5.97. The van der Waals surface area contributed by atoms with Crippen molar-refractivity contribution >= 4 is 9.84 Å². The number of nitrogens with zero attached hydrogens (tertiary/aromatic N) is 4. The molecule has 0 spiro atoms. The first-order chi connectivity index (χ1) is 15.8. The number of aryl methyl sites for hydroxylation is 1. The Morgan fingerprint density at radius 3 is 2.33 bits per heavy atom. The topological polar surface area (TPSA) is 111 Å². The van der Waals surface area contributed by atoms with Gasteiger partial charge in [-0.15, -0.1) is 10.2 Å². The second kappa shape index (κ2) is 9.21. The van der Waals surface area contributed by atoms with Crippen molar-refractivity contribution in [2.24, 2.45) is 0 Å². The Hall–Kier alpha value is -3.43. The number of hydrogen-bond acceptors (Lipinski definition) is 8. The summed E-state index contributed by atoms with van der Waals surface area (Å²) in [6, 6.07) is 12.9. The van der Waals surface area contributed by atoms with Crippen LogP contribution in [0.1, 0.15) is 25.0 Å². The van der Waals surface area contributed by atoms with Gasteiger partial charge in [-0.25, -0.2) is 13.4 Å². The van der Waals surface area contributed by atoms with Gasteiger partial charge in [0.25, 0.3) is 5.89 Å². The first kappa shape index (κ1) is 22.8. The van der Waals surface area contributed by atoms with E-state index in [-0.39, 0.29) is 5.89 Å². The first-order valence-corrected chi connectivity index (χ1v) is 12.1. The van der Waals surface area contributed by atoms with Crippen molar-refractivity contribution in [3.8, 4) is 34.3 Å². The van der Waals surface area contributed by atoms with Gasteiger partial charge in [-0.3, -0.25) is 4.98 Å². The number of nitrogens with one attached hydrogen (secondary N) is 1. The lowest BCUT2D eigenvalue weighted by molar-refractivity contribution is 0.581. The van der Waals surface area contributed by atoms with Crippen LogP contribution < -0.4 is 5.32 Å². The number of hydrogen-bond donors (Lipinski definition) is 1. The fourth-order valence-corrected chi connectivity index (χ4v) is 4.53. The van der Waals surface area contributed by atoms with Crippen LogP contribution in [0.3, 0.4) is 0 Å². The van der Waals surface area contributed by atoms with E-state index >= 15 is 0 Å². The summed E-state index contributed by atoms with van der Waals surface area (Å²) in [4.78, 5) is 9.20. The number of aromatic nitrogens is 4. The lowest BCUT2D eigenvalue weighted by Gasteiger charge is -2.11. The molecule has 4 rings (SSSR count). The van der Waals surface area contributed by atoms with Gasteiger partial charge in [0.15, 0.2) is 9.84 Å². The van der Waals surface area contributed by atoms with Crippen LogP contribution in [0.15, 0.2) is 64.2 Å². The van der Waals surface area contributed by atoms with E-state index in [4.69, 9.17) is 4.42 Å². The summed E-state index contributed by atoms with van der Waals surface area (Å²) in [6.07, 6.45) is 3.18. The van der Waals surface area contributed by atoms with Gasteiger partial charge in [-0.1, -0.05) is 18.2 Å². The highest BCUT2D eigenvalue weighted by molar-refractivity contribution is 7.92. The molecule has 170 valence electrons. The van der Waals surface area contributed by atoms with Crippen LogP contribution in [0.5, 0.6) is 0 Å². The molecule has 0 saturated carbocycles. The van der Waals surface area contributed by atoms with Gasteiger partial charge in [0.05, 0.1) is 28.2 Å². The lowest BCUT2D eigenvalue weighted by Crippen LogP contribution is -2.14. The van der Waals surface area contributed by atoms with Crippen LogP contribution in [0, 0.1) is 6.92 Å². The maximum atomic E-state index is 12.5. The molecule has 2 heterocycles. The molecule has 0 atom stereocenters. The third kappa shape index (κ3) is 4.69. The minimum Gasteiger partial charge on any atom is -0.415 e. The van der Waals surface area contributed by atoms with Crippen molar-refractivity contribution in [3.05, 3.63) is 66.0 Å². The molecular weight excluding hydrogens is 438 g/mol. The zero-order valence-electron chi connectivity index (χ0n) is 18.9. The Labute approximate surface area is 193 Å². The van der Waals surface area contributed by atoms with E-state index in [0.717, 1.165) is 28.8 Å². The minimum atomic E-state index is -3.35. The molecular formula is C24H25N5O3S. The van der Waals surface area contributed by atoms with Crippen LogP contribution >= 0.6 is 0 Å². The van der Waals surface area contributed by atoms with Gasteiger partial charge < -0.3 is 9.73 Å². The zero-order chi connectivity index (χ0) is 23.6. The van der Waals surface area contributed by atoms with Crippen molar-refractivity contribution < 1.29 is 12.8 Å². The van der Waals surface area contributed by atoms with Gasteiger partial charge >= 0.3 is 0 Å². The van der Waals surface area contributed by atoms with Gasteiger partial charge in [0, 0.05) is 17.7 Å². The third-order valence-corrected chi connectivity index (χ3v) is 7.44. The van der Waals surface area contributed by atoms with Crippen molar-refractivity contribution in [1.82, 2.24) is 25.5 Å². The quantitative estimate of drug-likeness (QED) is 0.437. The highest BCUT2D eigenvalue weighted by Gasteiger charge is 2.20. The molecule has 0 saturated heterocycles. The van der Waals surface area contributed by atoms with E-state index in [1.54, 1.807) is 44.4 Å². The Balaban J connectivity index is 1.63. The molecule has 0 fully saturated rings. The summed E-state index contributed by atoms with van der Waals surface area (Å²) < 4.78 is 30.8. The molecule has 2 aromatic carbocycles. The SMILES string of the molecule is CNCc1ccc(-c2nnc(-c3cncc(-c4ccc(S(=O)(=O)C(C)C)cc4C)n3)o2)cc1. The van der Waals surface area contributed by atoms with Crippen molar-refractivity contribution in [1.29, 1.82) is 0 Å². The molecule has 0 amide bonds. The fourth-order valence-electron chi connectivity index (χ4n) is 3.38. The maximum Gasteiger partial charge on any atom is 0.268 e. The van der Waals surface area contributed by atoms with E-state index in [9.17, 15) is 8.42 Å². The van der Waals surface area contributed by atoms with E-state index in [2.05, 4.69) is 25.5 Å². The minimum absolute atomic E-state index is 0.260. The Kier molecular flexibility index (Phi) is 6.35. The first-order valence-electron chi connectivity index (χ1n) is 10.5. The van der Waals surface area contributed by atoms with Crippen molar-refractivity contribution in [3.63, 3.8) is 0 Å². The van der Waals surface area contributed by atoms with Crippen LogP contribution in [-0.2, 0) is 16.4 Å². The van der Waals surface area contributed by atoms with E-state index in [1.165, 1.54) is 0 Å². The lowest BCUT2D eigenvalue weighted by atomic mass is 10.1. The molecule has 0 unspecified atom stereocenters. The summed E-state index contributed by atoms with van der Waals surface area (Å²) in [5.74, 6) is 0.656. The summed E-state index contributed by atoms with van der Waals surface area (Å²) in [5, 5.41) is 10.9. The molecule has 0 bridgehead atoms. The van der Waals surface area contributed by atoms with Gasteiger partial charge in [0.2, 0.25) is 5.89 Å². The molecule has 0 aliphatic rings. The van der Waals surface area contributed by atoms with Crippen LogP contribution in [0.4, 0.5) is 0 Å². The maximum absolute atomic E-state index is 12.5. The predicted molar refractivity (Wildman–Crippen MR) is 126 cm³/mol. The van der Waals surface area contributed by atoms with Gasteiger partial charge in [0.1, 0.15) is 5.69 Å². The van der Waals surface area contributed by atoms with Crippen molar-refractivity contribution in [2.75, 3.05) is 7.05 Å². The van der Waals surface area contributed by atoms with Crippen LogP contribution in [0.2, 0.25) is 0 Å². The summed E-state index contributed by atoms with van der Waals surface area (Å²) in [7, 11) is -1.45. The van der Waals surface area contributed by atoms with E-state index in [0.29, 0.717) is 22.2 Å². The Morgan fingerprint density at radius 2 is 1.67 bits per heavy atom. The molecule has 0 aliphatic carbocycles. The predicted octanol–water partition coefficient (Wildman–Crippen LogP) is 4.07. The Morgan fingerprint density at radius 1 is 0.970 bits per heavy atom. The average molecular weight is 464 g/mol. The van der Waals surface area contributed by atoms with E-state index in [1.807, 2.05) is 38.2 Å². The zero-order valence-corrected chi connectivity index (χ0v) is 19.7. The number of benzene rings is 2. The third-order valence-electron chi connectivity index (χ3n) is 5.28. The molecule has 33 heavy (non-hydrogen) atoms. The molecule has 2 aromatic heterocycles. The van der Waals surface area contributed by atoms with Gasteiger partial charge in [-0.2, -0.15) is 0 Å². The van der Waals surface area contributed by atoms with Crippen molar-refractivity contribution in [2.45, 2.75) is 37.5 Å². The van der Waals surface area contributed by atoms with Crippen LogP contribution in [0.25, 0.3) is 34.3 Å².